The van der Waals surface area contributed by atoms with Gasteiger partial charge < -0.3 is 24.3 Å². The van der Waals surface area contributed by atoms with Crippen LogP contribution in [-0.4, -0.2) is 55.8 Å². The molecule has 0 spiro atoms. The molecule has 1 aliphatic rings. The fourth-order valence-corrected chi connectivity index (χ4v) is 3.59. The summed E-state index contributed by atoms with van der Waals surface area (Å²) in [5.41, 5.74) is 1.68. The first-order valence-electron chi connectivity index (χ1n) is 10.0. The summed E-state index contributed by atoms with van der Waals surface area (Å²) in [6, 6.07) is 10.5. The minimum atomic E-state index is -0.376. The molecule has 1 amide bonds. The number of carbonyl (C=O) groups excluding carboxylic acids is 1. The number of carbonyl (C=O) groups is 1. The number of aryl methyl sites for hydroxylation is 1. The molecule has 1 saturated heterocycles. The van der Waals surface area contributed by atoms with E-state index in [9.17, 15) is 14.7 Å². The highest BCUT2D eigenvalue weighted by Gasteiger charge is 2.21. The van der Waals surface area contributed by atoms with Crippen molar-refractivity contribution in [1.82, 2.24) is 10.2 Å². The summed E-state index contributed by atoms with van der Waals surface area (Å²) in [6.45, 7) is 4.44. The number of piperazine rings is 1. The van der Waals surface area contributed by atoms with E-state index in [-0.39, 0.29) is 46.2 Å². The standard InChI is InChI=1S/C23H24N2O6/c1-14-3-5-15(6-4-14)17-11-16(26)21-18(31-17)12-19(23(29-2)22(21)28)30-10-9-25-8-7-24-20(27)13-25/h3-6,11-12,28H,7-10,13H2,1-2H3,(H,24,27). The molecule has 0 unspecified atom stereocenters. The van der Waals surface area contributed by atoms with E-state index >= 15 is 0 Å². The van der Waals surface area contributed by atoms with Crippen molar-refractivity contribution in [3.05, 3.63) is 52.2 Å². The van der Waals surface area contributed by atoms with Crippen LogP contribution in [0.5, 0.6) is 17.2 Å². The Morgan fingerprint density at radius 2 is 1.97 bits per heavy atom. The maximum Gasteiger partial charge on any atom is 0.234 e. The summed E-state index contributed by atoms with van der Waals surface area (Å²) < 4.78 is 17.1. The Hall–Kier alpha value is -3.52. The average Bonchev–Trinajstić information content (AvgIpc) is 2.74. The molecule has 1 aromatic heterocycles. The lowest BCUT2D eigenvalue weighted by Crippen LogP contribution is -2.48. The van der Waals surface area contributed by atoms with Crippen molar-refractivity contribution in [3.63, 3.8) is 0 Å². The van der Waals surface area contributed by atoms with Gasteiger partial charge in [0.15, 0.2) is 16.9 Å². The first kappa shape index (κ1) is 20.7. The summed E-state index contributed by atoms with van der Waals surface area (Å²) >= 11 is 0. The lowest BCUT2D eigenvalue weighted by atomic mass is 10.1. The van der Waals surface area contributed by atoms with Crippen LogP contribution >= 0.6 is 0 Å². The smallest absolute Gasteiger partial charge is 0.234 e. The quantitative estimate of drug-likeness (QED) is 0.626. The first-order valence-corrected chi connectivity index (χ1v) is 10.0. The molecule has 2 N–H and O–H groups in total. The molecule has 0 aliphatic carbocycles. The van der Waals surface area contributed by atoms with Gasteiger partial charge in [-0.3, -0.25) is 14.5 Å². The molecule has 2 heterocycles. The molecule has 4 rings (SSSR count). The Morgan fingerprint density at radius 1 is 1.19 bits per heavy atom. The topological polar surface area (TPSA) is 101 Å². The van der Waals surface area contributed by atoms with Crippen molar-refractivity contribution < 1.29 is 23.8 Å². The Morgan fingerprint density at radius 3 is 2.68 bits per heavy atom. The van der Waals surface area contributed by atoms with Crippen LogP contribution in [0.2, 0.25) is 0 Å². The van der Waals surface area contributed by atoms with Crippen LogP contribution in [0, 0.1) is 6.92 Å². The number of nitrogens with zero attached hydrogens (tertiary/aromatic N) is 1. The average molecular weight is 424 g/mol. The van der Waals surface area contributed by atoms with Crippen molar-refractivity contribution in [2.24, 2.45) is 0 Å². The normalized spacial score (nSPS) is 14.5. The van der Waals surface area contributed by atoms with Gasteiger partial charge in [-0.05, 0) is 6.92 Å². The predicted molar refractivity (Wildman–Crippen MR) is 116 cm³/mol. The van der Waals surface area contributed by atoms with Crippen molar-refractivity contribution in [2.45, 2.75) is 6.92 Å². The molecule has 162 valence electrons. The number of nitrogens with one attached hydrogen (secondary N) is 1. The number of phenols is 1. The van der Waals surface area contributed by atoms with Crippen LogP contribution in [0.15, 0.2) is 45.6 Å². The van der Waals surface area contributed by atoms with Crippen LogP contribution in [0.3, 0.4) is 0 Å². The third kappa shape index (κ3) is 4.34. The zero-order chi connectivity index (χ0) is 22.0. The highest BCUT2D eigenvalue weighted by Crippen LogP contribution is 2.42. The van der Waals surface area contributed by atoms with E-state index < -0.39 is 0 Å². The van der Waals surface area contributed by atoms with Crippen molar-refractivity contribution >= 4 is 16.9 Å². The number of hydrogen-bond donors (Lipinski definition) is 2. The van der Waals surface area contributed by atoms with Gasteiger partial charge in [-0.15, -0.1) is 0 Å². The third-order valence-electron chi connectivity index (χ3n) is 5.24. The van der Waals surface area contributed by atoms with Gasteiger partial charge in [0.2, 0.25) is 11.7 Å². The zero-order valence-electron chi connectivity index (χ0n) is 17.4. The molecular formula is C23H24N2O6. The summed E-state index contributed by atoms with van der Waals surface area (Å²) in [5, 5.41) is 13.5. The maximum atomic E-state index is 12.7. The largest absolute Gasteiger partial charge is 0.504 e. The monoisotopic (exact) mass is 424 g/mol. The third-order valence-corrected chi connectivity index (χ3v) is 5.24. The first-order chi connectivity index (χ1) is 15.0. The van der Waals surface area contributed by atoms with Crippen LogP contribution in [-0.2, 0) is 4.79 Å². The van der Waals surface area contributed by atoms with Gasteiger partial charge in [0.05, 0.1) is 13.7 Å². The molecule has 0 atom stereocenters. The van der Waals surface area contributed by atoms with Gasteiger partial charge >= 0.3 is 0 Å². The SMILES string of the molecule is COc1c(OCCN2CCNC(=O)C2)cc2oc(-c3ccc(C)cc3)cc(=O)c2c1O. The number of amides is 1. The maximum absolute atomic E-state index is 12.7. The summed E-state index contributed by atoms with van der Waals surface area (Å²) in [4.78, 5) is 26.2. The van der Waals surface area contributed by atoms with E-state index in [1.54, 1.807) is 6.07 Å². The summed E-state index contributed by atoms with van der Waals surface area (Å²) in [7, 11) is 1.39. The van der Waals surface area contributed by atoms with Crippen LogP contribution in [0.25, 0.3) is 22.3 Å². The lowest BCUT2D eigenvalue weighted by molar-refractivity contribution is -0.124. The Bertz CT molecular complexity index is 1170. The molecule has 0 bridgehead atoms. The Balaban J connectivity index is 1.65. The molecule has 0 radical (unpaired) electrons. The van der Waals surface area contributed by atoms with E-state index in [1.807, 2.05) is 36.1 Å². The van der Waals surface area contributed by atoms with Crippen LogP contribution in [0.4, 0.5) is 0 Å². The van der Waals surface area contributed by atoms with Gasteiger partial charge in [-0.25, -0.2) is 0 Å². The van der Waals surface area contributed by atoms with Gasteiger partial charge in [-0.2, -0.15) is 0 Å². The Labute approximate surface area is 179 Å². The number of aromatic hydroxyl groups is 1. The molecule has 8 heteroatoms. The number of benzene rings is 2. The van der Waals surface area contributed by atoms with Crippen molar-refractivity contribution in [3.8, 4) is 28.6 Å². The second kappa shape index (κ2) is 8.69. The van der Waals surface area contributed by atoms with E-state index in [0.717, 1.165) is 17.7 Å². The van der Waals surface area contributed by atoms with E-state index in [2.05, 4.69) is 5.32 Å². The minimum Gasteiger partial charge on any atom is -0.504 e. The number of rotatable bonds is 6. The van der Waals surface area contributed by atoms with Crippen molar-refractivity contribution in [1.29, 1.82) is 0 Å². The summed E-state index contributed by atoms with van der Waals surface area (Å²) in [6.07, 6.45) is 0. The number of methoxy groups -OCH3 is 1. The molecule has 31 heavy (non-hydrogen) atoms. The lowest BCUT2D eigenvalue weighted by Gasteiger charge is -2.26. The van der Waals surface area contributed by atoms with E-state index in [4.69, 9.17) is 13.9 Å². The predicted octanol–water partition coefficient (Wildman–Crippen LogP) is 2.29. The summed E-state index contributed by atoms with van der Waals surface area (Å²) in [5.74, 6) is 0.388. The molecule has 8 nitrogen and oxygen atoms in total. The van der Waals surface area contributed by atoms with Gasteiger partial charge in [0, 0.05) is 37.3 Å². The molecule has 2 aromatic carbocycles. The number of hydrogen-bond acceptors (Lipinski definition) is 7. The highest BCUT2D eigenvalue weighted by atomic mass is 16.5. The molecule has 0 saturated carbocycles. The zero-order valence-corrected chi connectivity index (χ0v) is 17.4. The highest BCUT2D eigenvalue weighted by molar-refractivity contribution is 5.89. The minimum absolute atomic E-state index is 0.0161. The van der Waals surface area contributed by atoms with Crippen LogP contribution < -0.4 is 20.2 Å². The number of fused-ring (bicyclic) bond motifs is 1. The van der Waals surface area contributed by atoms with Crippen molar-refractivity contribution in [2.75, 3.05) is 39.9 Å². The van der Waals surface area contributed by atoms with E-state index in [0.29, 0.717) is 25.4 Å². The van der Waals surface area contributed by atoms with Gasteiger partial charge in [0.25, 0.3) is 0 Å². The number of phenolic OH excluding ortho intramolecular Hbond substituents is 1. The molecular weight excluding hydrogens is 400 g/mol. The molecule has 1 fully saturated rings. The Kier molecular flexibility index (Phi) is 5.81. The van der Waals surface area contributed by atoms with Gasteiger partial charge in [-0.1, -0.05) is 29.8 Å². The van der Waals surface area contributed by atoms with E-state index in [1.165, 1.54) is 13.2 Å². The fraction of sp³-hybridized carbons (Fsp3) is 0.304. The van der Waals surface area contributed by atoms with Gasteiger partial charge in [0.1, 0.15) is 23.3 Å². The fourth-order valence-electron chi connectivity index (χ4n) is 3.59. The van der Waals surface area contributed by atoms with Crippen LogP contribution in [0.1, 0.15) is 5.56 Å². The second-order valence-corrected chi connectivity index (χ2v) is 7.45. The molecule has 1 aliphatic heterocycles. The number of ether oxygens (including phenoxy) is 2. The second-order valence-electron chi connectivity index (χ2n) is 7.45. The molecule has 3 aromatic rings.